The number of carbonyl (C=O) groups excluding carboxylic acids is 1. The Kier molecular flexibility index (Phi) is 5.28. The largest absolute Gasteiger partial charge is 0.338 e. The standard InChI is InChI=1S/C24H25FN4O2/c25-21-8-7-16(12-22-18-5-1-2-6-19(18)23(30)27-26-22)11-20(21)24(31)29-14-17(15-29)13-28-9-3-4-10-28/h1-2,5-8,11,17H,3-4,9-10,12-15H2,(H,27,30). The number of amides is 1. The van der Waals surface area contributed by atoms with Crippen LogP contribution in [0.25, 0.3) is 10.8 Å². The maximum atomic E-state index is 14.5. The van der Waals surface area contributed by atoms with Gasteiger partial charge < -0.3 is 9.80 Å². The van der Waals surface area contributed by atoms with Crippen molar-refractivity contribution in [2.75, 3.05) is 32.7 Å². The van der Waals surface area contributed by atoms with Gasteiger partial charge >= 0.3 is 0 Å². The lowest BCUT2D eigenvalue weighted by Crippen LogP contribution is -2.53. The fourth-order valence-electron chi connectivity index (χ4n) is 4.70. The van der Waals surface area contributed by atoms with E-state index in [9.17, 15) is 14.0 Å². The monoisotopic (exact) mass is 420 g/mol. The number of fused-ring (bicyclic) bond motifs is 1. The van der Waals surface area contributed by atoms with E-state index in [2.05, 4.69) is 15.1 Å². The third-order valence-electron chi connectivity index (χ3n) is 6.37. The van der Waals surface area contributed by atoms with Crippen molar-refractivity contribution >= 4 is 16.7 Å². The topological polar surface area (TPSA) is 69.3 Å². The molecule has 2 saturated heterocycles. The lowest BCUT2D eigenvalue weighted by Gasteiger charge is -2.41. The third kappa shape index (κ3) is 3.97. The molecule has 0 spiro atoms. The van der Waals surface area contributed by atoms with Crippen molar-refractivity contribution in [3.63, 3.8) is 0 Å². The molecule has 2 aliphatic rings. The summed E-state index contributed by atoms with van der Waals surface area (Å²) in [5, 5.41) is 8.04. The molecule has 0 unspecified atom stereocenters. The number of nitrogens with one attached hydrogen (secondary N) is 1. The number of H-pyrrole nitrogens is 1. The molecule has 3 heterocycles. The van der Waals surface area contributed by atoms with Crippen LogP contribution in [0, 0.1) is 11.7 Å². The molecule has 2 aromatic carbocycles. The molecule has 0 atom stereocenters. The van der Waals surface area contributed by atoms with Gasteiger partial charge in [0, 0.05) is 37.4 Å². The summed E-state index contributed by atoms with van der Waals surface area (Å²) < 4.78 is 14.5. The van der Waals surface area contributed by atoms with Crippen LogP contribution in [-0.4, -0.2) is 58.6 Å². The van der Waals surface area contributed by atoms with Crippen molar-refractivity contribution in [2.45, 2.75) is 19.3 Å². The smallest absolute Gasteiger partial charge is 0.272 e. The second-order valence-corrected chi connectivity index (χ2v) is 8.62. The van der Waals surface area contributed by atoms with Gasteiger partial charge in [-0.3, -0.25) is 9.59 Å². The van der Waals surface area contributed by atoms with Crippen LogP contribution in [0.15, 0.2) is 47.3 Å². The molecule has 2 aliphatic heterocycles. The average Bonchev–Trinajstić information content (AvgIpc) is 3.27. The highest BCUT2D eigenvalue weighted by molar-refractivity contribution is 5.95. The molecule has 0 bridgehead atoms. The zero-order valence-corrected chi connectivity index (χ0v) is 17.3. The first-order chi connectivity index (χ1) is 15.1. The zero-order chi connectivity index (χ0) is 21.4. The number of benzene rings is 2. The van der Waals surface area contributed by atoms with Crippen LogP contribution in [0.3, 0.4) is 0 Å². The van der Waals surface area contributed by atoms with Gasteiger partial charge in [-0.05, 0) is 49.7 Å². The summed E-state index contributed by atoms with van der Waals surface area (Å²) in [6.07, 6.45) is 2.91. The second-order valence-electron chi connectivity index (χ2n) is 8.62. The van der Waals surface area contributed by atoms with Gasteiger partial charge in [0.15, 0.2) is 0 Å². The first-order valence-electron chi connectivity index (χ1n) is 10.8. The highest BCUT2D eigenvalue weighted by Crippen LogP contribution is 2.24. The number of aromatic nitrogens is 2. The molecule has 1 aromatic heterocycles. The normalized spacial score (nSPS) is 17.3. The Morgan fingerprint density at radius 3 is 2.61 bits per heavy atom. The van der Waals surface area contributed by atoms with Gasteiger partial charge in [0.05, 0.1) is 16.6 Å². The van der Waals surface area contributed by atoms with Crippen molar-refractivity contribution < 1.29 is 9.18 Å². The van der Waals surface area contributed by atoms with E-state index in [1.807, 2.05) is 12.1 Å². The Morgan fingerprint density at radius 1 is 1.10 bits per heavy atom. The summed E-state index contributed by atoms with van der Waals surface area (Å²) in [4.78, 5) is 29.1. The Balaban J connectivity index is 1.31. The van der Waals surface area contributed by atoms with Crippen molar-refractivity contribution in [1.82, 2.24) is 20.0 Å². The Bertz CT molecular complexity index is 1180. The van der Waals surface area contributed by atoms with E-state index in [0.29, 0.717) is 36.5 Å². The van der Waals surface area contributed by atoms with Crippen LogP contribution in [0.1, 0.15) is 34.5 Å². The maximum Gasteiger partial charge on any atom is 0.272 e. The molecule has 7 heteroatoms. The molecule has 1 amide bonds. The number of likely N-dealkylation sites (tertiary alicyclic amines) is 2. The van der Waals surface area contributed by atoms with Crippen LogP contribution >= 0.6 is 0 Å². The van der Waals surface area contributed by atoms with Crippen molar-refractivity contribution in [1.29, 1.82) is 0 Å². The Hall–Kier alpha value is -3.06. The number of aromatic amines is 1. The van der Waals surface area contributed by atoms with Gasteiger partial charge in [-0.15, -0.1) is 0 Å². The number of rotatable bonds is 5. The summed E-state index contributed by atoms with van der Waals surface area (Å²) >= 11 is 0. The number of nitrogens with zero attached hydrogens (tertiary/aromatic N) is 3. The van der Waals surface area contributed by atoms with Gasteiger partial charge in [-0.25, -0.2) is 9.49 Å². The molecule has 0 aliphatic carbocycles. The summed E-state index contributed by atoms with van der Waals surface area (Å²) in [7, 11) is 0. The molecule has 5 rings (SSSR count). The fourth-order valence-corrected chi connectivity index (χ4v) is 4.70. The van der Waals surface area contributed by atoms with Crippen LogP contribution in [-0.2, 0) is 6.42 Å². The number of carbonyl (C=O) groups is 1. The summed E-state index contributed by atoms with van der Waals surface area (Å²) in [5.74, 6) is -0.280. The first kappa shape index (κ1) is 19.9. The molecule has 160 valence electrons. The Labute approximate surface area is 179 Å². The van der Waals surface area contributed by atoms with E-state index in [1.54, 1.807) is 29.2 Å². The number of halogens is 1. The molecular formula is C24H25FN4O2. The summed E-state index contributed by atoms with van der Waals surface area (Å²) in [5.41, 5.74) is 1.33. The van der Waals surface area contributed by atoms with Crippen LogP contribution < -0.4 is 5.56 Å². The van der Waals surface area contributed by atoms with Crippen molar-refractivity contribution in [3.8, 4) is 0 Å². The van der Waals surface area contributed by atoms with Gasteiger partial charge in [0.25, 0.3) is 11.5 Å². The molecule has 2 fully saturated rings. The maximum absolute atomic E-state index is 14.5. The van der Waals surface area contributed by atoms with Crippen LogP contribution in [0.2, 0.25) is 0 Å². The van der Waals surface area contributed by atoms with Gasteiger partial charge in [-0.1, -0.05) is 24.3 Å². The average molecular weight is 420 g/mol. The predicted octanol–water partition coefficient (Wildman–Crippen LogP) is 2.82. The molecule has 31 heavy (non-hydrogen) atoms. The van der Waals surface area contributed by atoms with Gasteiger partial charge in [0.1, 0.15) is 5.82 Å². The van der Waals surface area contributed by atoms with Crippen LogP contribution in [0.4, 0.5) is 4.39 Å². The van der Waals surface area contributed by atoms with E-state index < -0.39 is 5.82 Å². The summed E-state index contributed by atoms with van der Waals surface area (Å²) in [6, 6.07) is 11.9. The van der Waals surface area contributed by atoms with E-state index in [1.165, 1.54) is 18.9 Å². The van der Waals surface area contributed by atoms with Crippen molar-refractivity contribution in [3.05, 3.63) is 75.5 Å². The molecule has 3 aromatic rings. The Morgan fingerprint density at radius 2 is 1.84 bits per heavy atom. The second kappa shape index (κ2) is 8.23. The predicted molar refractivity (Wildman–Crippen MR) is 117 cm³/mol. The minimum absolute atomic E-state index is 0.103. The quantitative estimate of drug-likeness (QED) is 0.689. The molecule has 0 radical (unpaired) electrons. The fraction of sp³-hybridized carbons (Fsp3) is 0.375. The van der Waals surface area contributed by atoms with E-state index >= 15 is 0 Å². The molecule has 6 nitrogen and oxygen atoms in total. The van der Waals surface area contributed by atoms with E-state index in [4.69, 9.17) is 0 Å². The molecule has 1 N–H and O–H groups in total. The SMILES string of the molecule is O=C(c1cc(Cc2n[nH]c(=O)c3ccccc23)ccc1F)N1CC(CN2CCCC2)C1. The van der Waals surface area contributed by atoms with E-state index in [0.717, 1.165) is 30.6 Å². The zero-order valence-electron chi connectivity index (χ0n) is 17.3. The highest BCUT2D eigenvalue weighted by Gasteiger charge is 2.33. The number of hydrogen-bond donors (Lipinski definition) is 1. The lowest BCUT2D eigenvalue weighted by molar-refractivity contribution is 0.0428. The molecular weight excluding hydrogens is 395 g/mol. The lowest BCUT2D eigenvalue weighted by atomic mass is 9.97. The van der Waals surface area contributed by atoms with Gasteiger partial charge in [-0.2, -0.15) is 5.10 Å². The minimum atomic E-state index is -0.504. The van der Waals surface area contributed by atoms with E-state index in [-0.39, 0.29) is 17.0 Å². The third-order valence-corrected chi connectivity index (χ3v) is 6.37. The van der Waals surface area contributed by atoms with Crippen LogP contribution in [0.5, 0.6) is 0 Å². The highest BCUT2D eigenvalue weighted by atomic mass is 19.1. The van der Waals surface area contributed by atoms with Gasteiger partial charge in [0.2, 0.25) is 0 Å². The molecule has 0 saturated carbocycles. The number of hydrogen-bond acceptors (Lipinski definition) is 4. The van der Waals surface area contributed by atoms with Crippen molar-refractivity contribution in [2.24, 2.45) is 5.92 Å². The minimum Gasteiger partial charge on any atom is -0.338 e. The first-order valence-corrected chi connectivity index (χ1v) is 10.8. The summed E-state index contributed by atoms with van der Waals surface area (Å²) in [6.45, 7) is 4.69.